The molecule has 3 rings (SSSR count). The molecular formula is C15H17FN4O2. The molecule has 116 valence electrons. The van der Waals surface area contributed by atoms with Crippen molar-refractivity contribution in [3.63, 3.8) is 0 Å². The number of rotatable bonds is 4. The van der Waals surface area contributed by atoms with E-state index in [0.29, 0.717) is 32.7 Å². The van der Waals surface area contributed by atoms with Crippen molar-refractivity contribution < 1.29 is 13.9 Å². The van der Waals surface area contributed by atoms with Gasteiger partial charge in [-0.2, -0.15) is 5.10 Å². The number of aromatic nitrogens is 3. The molecule has 22 heavy (non-hydrogen) atoms. The fourth-order valence-corrected chi connectivity index (χ4v) is 2.47. The lowest BCUT2D eigenvalue weighted by atomic mass is 10.1. The molecule has 1 fully saturated rings. The molecule has 2 aromatic rings. The maximum Gasteiger partial charge on any atom is 0.224 e. The summed E-state index contributed by atoms with van der Waals surface area (Å²) in [6.07, 6.45) is 3.21. The minimum absolute atomic E-state index is 0.0610. The van der Waals surface area contributed by atoms with E-state index in [4.69, 9.17) is 4.74 Å². The van der Waals surface area contributed by atoms with E-state index in [9.17, 15) is 9.18 Å². The van der Waals surface area contributed by atoms with E-state index in [1.165, 1.54) is 18.5 Å². The number of ether oxygens (including phenoxy) is 1. The Bertz CT molecular complexity index is 615. The van der Waals surface area contributed by atoms with Gasteiger partial charge in [-0.15, -0.1) is 0 Å². The van der Waals surface area contributed by atoms with Crippen LogP contribution in [0.1, 0.15) is 18.1 Å². The van der Waals surface area contributed by atoms with E-state index >= 15 is 0 Å². The highest BCUT2D eigenvalue weighted by atomic mass is 19.1. The first kappa shape index (κ1) is 14.6. The first-order valence-corrected chi connectivity index (χ1v) is 7.19. The molecule has 1 aliphatic heterocycles. The van der Waals surface area contributed by atoms with Gasteiger partial charge in [-0.05, 0) is 17.7 Å². The van der Waals surface area contributed by atoms with Crippen molar-refractivity contribution in [2.24, 2.45) is 0 Å². The molecule has 1 aromatic heterocycles. The van der Waals surface area contributed by atoms with E-state index in [0.717, 1.165) is 5.56 Å². The van der Waals surface area contributed by atoms with Gasteiger partial charge in [-0.1, -0.05) is 12.1 Å². The quantitative estimate of drug-likeness (QED) is 0.857. The van der Waals surface area contributed by atoms with Crippen LogP contribution in [0.3, 0.4) is 0 Å². The van der Waals surface area contributed by atoms with Crippen LogP contribution >= 0.6 is 0 Å². The summed E-state index contributed by atoms with van der Waals surface area (Å²) < 4.78 is 20.3. The Hall–Kier alpha value is -2.28. The second-order valence-electron chi connectivity index (χ2n) is 5.16. The number of carbonyl (C=O) groups is 1. The molecule has 0 saturated carbocycles. The lowest BCUT2D eigenvalue weighted by Crippen LogP contribution is -2.42. The summed E-state index contributed by atoms with van der Waals surface area (Å²) in [6.45, 7) is 2.06. The first-order chi connectivity index (χ1) is 10.7. The van der Waals surface area contributed by atoms with Gasteiger partial charge in [-0.3, -0.25) is 9.48 Å². The zero-order valence-electron chi connectivity index (χ0n) is 12.1. The summed E-state index contributed by atoms with van der Waals surface area (Å²) >= 11 is 0. The molecule has 1 aliphatic rings. The molecule has 2 heterocycles. The van der Waals surface area contributed by atoms with Crippen LogP contribution in [0.5, 0.6) is 0 Å². The minimum atomic E-state index is -0.277. The number of halogens is 1. The van der Waals surface area contributed by atoms with Crippen LogP contribution in [0.15, 0.2) is 36.9 Å². The maximum atomic E-state index is 13.0. The molecule has 0 N–H and O–H groups in total. The highest BCUT2D eigenvalue weighted by molar-refractivity contribution is 5.76. The number of benzene rings is 1. The van der Waals surface area contributed by atoms with Crippen molar-refractivity contribution in [1.29, 1.82) is 0 Å². The lowest BCUT2D eigenvalue weighted by Gasteiger charge is -2.33. The molecule has 7 heteroatoms. The molecule has 1 amide bonds. The summed E-state index contributed by atoms with van der Waals surface area (Å²) in [7, 11) is 0. The van der Waals surface area contributed by atoms with Gasteiger partial charge in [0.25, 0.3) is 0 Å². The predicted octanol–water partition coefficient (Wildman–Crippen LogP) is 1.41. The Morgan fingerprint density at radius 3 is 2.91 bits per heavy atom. The number of nitrogens with zero attached hydrogens (tertiary/aromatic N) is 4. The number of aryl methyl sites for hydroxylation is 1. The van der Waals surface area contributed by atoms with E-state index < -0.39 is 0 Å². The number of hydrogen-bond acceptors (Lipinski definition) is 4. The van der Waals surface area contributed by atoms with Crippen molar-refractivity contribution in [1.82, 2.24) is 19.7 Å². The average Bonchev–Trinajstić information content (AvgIpc) is 3.07. The van der Waals surface area contributed by atoms with Crippen molar-refractivity contribution >= 4 is 5.91 Å². The third kappa shape index (κ3) is 3.48. The van der Waals surface area contributed by atoms with Crippen LogP contribution in [0, 0.1) is 5.82 Å². The average molecular weight is 304 g/mol. The van der Waals surface area contributed by atoms with Gasteiger partial charge in [0, 0.05) is 13.0 Å². The molecule has 1 atom stereocenters. The van der Waals surface area contributed by atoms with Crippen molar-refractivity contribution in [2.75, 3.05) is 19.7 Å². The number of amides is 1. The normalized spacial score (nSPS) is 18.4. The zero-order valence-corrected chi connectivity index (χ0v) is 12.1. The third-order valence-electron chi connectivity index (χ3n) is 3.68. The largest absolute Gasteiger partial charge is 0.370 e. The summed E-state index contributed by atoms with van der Waals surface area (Å²) in [5, 5.41) is 3.98. The summed E-state index contributed by atoms with van der Waals surface area (Å²) in [4.78, 5) is 17.9. The van der Waals surface area contributed by atoms with Gasteiger partial charge < -0.3 is 9.64 Å². The number of morpholine rings is 1. The Morgan fingerprint density at radius 2 is 2.18 bits per heavy atom. The standard InChI is InChI=1S/C15H17FN4O2/c16-13-3-1-12(2-4-13)14-9-19(7-8-22-14)15(21)5-6-20-11-17-10-18-20/h1-4,10-11,14H,5-9H2. The number of carbonyl (C=O) groups excluding carboxylic acids is 1. The molecule has 0 spiro atoms. The van der Waals surface area contributed by atoms with E-state index in [1.807, 2.05) is 0 Å². The SMILES string of the molecule is O=C(CCn1cncn1)N1CCOC(c2ccc(F)cc2)C1. The smallest absolute Gasteiger partial charge is 0.224 e. The third-order valence-corrected chi connectivity index (χ3v) is 3.68. The minimum Gasteiger partial charge on any atom is -0.370 e. The van der Waals surface area contributed by atoms with Gasteiger partial charge >= 0.3 is 0 Å². The first-order valence-electron chi connectivity index (χ1n) is 7.19. The summed E-state index contributed by atoms with van der Waals surface area (Å²) in [6, 6.07) is 6.21. The molecular weight excluding hydrogens is 287 g/mol. The monoisotopic (exact) mass is 304 g/mol. The van der Waals surface area contributed by atoms with Crippen molar-refractivity contribution in [2.45, 2.75) is 19.1 Å². The molecule has 1 aromatic carbocycles. The lowest BCUT2D eigenvalue weighted by molar-refractivity contribution is -0.139. The molecule has 1 saturated heterocycles. The maximum absolute atomic E-state index is 13.0. The second kappa shape index (κ2) is 6.65. The zero-order chi connectivity index (χ0) is 15.4. The molecule has 6 nitrogen and oxygen atoms in total. The van der Waals surface area contributed by atoms with Crippen molar-refractivity contribution in [3.05, 3.63) is 48.3 Å². The van der Waals surface area contributed by atoms with Gasteiger partial charge in [0.05, 0.1) is 19.7 Å². The summed E-state index contributed by atoms with van der Waals surface area (Å²) in [5.74, 6) is -0.216. The summed E-state index contributed by atoms with van der Waals surface area (Å²) in [5.41, 5.74) is 0.884. The fourth-order valence-electron chi connectivity index (χ4n) is 2.47. The topological polar surface area (TPSA) is 60.2 Å². The van der Waals surface area contributed by atoms with Crippen molar-refractivity contribution in [3.8, 4) is 0 Å². The van der Waals surface area contributed by atoms with Gasteiger partial charge in [-0.25, -0.2) is 9.37 Å². The Kier molecular flexibility index (Phi) is 4.43. The van der Waals surface area contributed by atoms with Crippen LogP contribution in [-0.2, 0) is 16.1 Å². The molecule has 1 unspecified atom stereocenters. The molecule has 0 radical (unpaired) electrons. The van der Waals surface area contributed by atoms with Gasteiger partial charge in [0.1, 0.15) is 24.6 Å². The van der Waals surface area contributed by atoms with E-state index in [2.05, 4.69) is 10.1 Å². The van der Waals surface area contributed by atoms with Crippen LogP contribution in [0.4, 0.5) is 4.39 Å². The second-order valence-corrected chi connectivity index (χ2v) is 5.16. The highest BCUT2D eigenvalue weighted by Gasteiger charge is 2.25. The Balaban J connectivity index is 1.57. The van der Waals surface area contributed by atoms with Crippen LogP contribution in [0.25, 0.3) is 0 Å². The fraction of sp³-hybridized carbons (Fsp3) is 0.400. The van der Waals surface area contributed by atoms with Crippen LogP contribution < -0.4 is 0 Å². The predicted molar refractivity (Wildman–Crippen MR) is 76.3 cm³/mol. The van der Waals surface area contributed by atoms with Crippen LogP contribution in [-0.4, -0.2) is 45.3 Å². The Morgan fingerprint density at radius 1 is 1.36 bits per heavy atom. The van der Waals surface area contributed by atoms with Gasteiger partial charge in [0.2, 0.25) is 5.91 Å². The van der Waals surface area contributed by atoms with Gasteiger partial charge in [0.15, 0.2) is 0 Å². The molecule has 0 bridgehead atoms. The van der Waals surface area contributed by atoms with Crippen LogP contribution in [0.2, 0.25) is 0 Å². The number of hydrogen-bond donors (Lipinski definition) is 0. The molecule has 0 aliphatic carbocycles. The van der Waals surface area contributed by atoms with E-state index in [-0.39, 0.29) is 17.8 Å². The van der Waals surface area contributed by atoms with E-state index in [1.54, 1.807) is 28.0 Å². The highest BCUT2D eigenvalue weighted by Crippen LogP contribution is 2.22. The Labute approximate surface area is 127 Å².